The highest BCUT2D eigenvalue weighted by Gasteiger charge is 2.22. The molecule has 0 aliphatic carbocycles. The van der Waals surface area contributed by atoms with E-state index in [-0.39, 0.29) is 24.7 Å². The maximum atomic E-state index is 13.1. The standard InChI is InChI=1S/C24H25FN6O3/c25-17-3-1-16(2-4-17)14-27-23-26-10-7-22(30-23)31-11-8-18(9-12-31)28-24(32)29-19-5-6-20-21(13-19)34-15-33-20/h1-7,10,13,18H,8-9,11-12,14-15H2,(H,26,27,30)(H2,28,29,32). The molecule has 34 heavy (non-hydrogen) atoms. The molecule has 0 unspecified atom stereocenters. The Hall–Kier alpha value is -4.08. The molecular weight excluding hydrogens is 439 g/mol. The first-order valence-electron chi connectivity index (χ1n) is 11.2. The molecule has 2 aliphatic rings. The summed E-state index contributed by atoms with van der Waals surface area (Å²) in [4.78, 5) is 23.5. The molecule has 3 heterocycles. The van der Waals surface area contributed by atoms with E-state index in [0.717, 1.165) is 37.3 Å². The number of aromatic nitrogens is 2. The Bertz CT molecular complexity index is 1150. The molecule has 2 aliphatic heterocycles. The molecule has 9 nitrogen and oxygen atoms in total. The van der Waals surface area contributed by atoms with Gasteiger partial charge in [-0.15, -0.1) is 0 Å². The Labute approximate surface area is 196 Å². The third-order valence-electron chi connectivity index (χ3n) is 5.79. The molecule has 0 atom stereocenters. The highest BCUT2D eigenvalue weighted by molar-refractivity contribution is 5.89. The minimum Gasteiger partial charge on any atom is -0.454 e. The Morgan fingerprint density at radius 1 is 1.06 bits per heavy atom. The molecular formula is C24H25FN6O3. The van der Waals surface area contributed by atoms with Crippen molar-refractivity contribution in [2.75, 3.05) is 35.4 Å². The summed E-state index contributed by atoms with van der Waals surface area (Å²) in [5, 5.41) is 9.07. The second-order valence-corrected chi connectivity index (χ2v) is 8.15. The van der Waals surface area contributed by atoms with E-state index in [1.165, 1.54) is 12.1 Å². The maximum Gasteiger partial charge on any atom is 0.319 e. The molecule has 2 aromatic carbocycles. The summed E-state index contributed by atoms with van der Waals surface area (Å²) in [6, 6.07) is 13.3. The van der Waals surface area contributed by atoms with Crippen LogP contribution in [-0.4, -0.2) is 41.9 Å². The number of amides is 2. The fourth-order valence-corrected chi connectivity index (χ4v) is 3.97. The van der Waals surface area contributed by atoms with Crippen LogP contribution in [0.3, 0.4) is 0 Å². The summed E-state index contributed by atoms with van der Waals surface area (Å²) < 4.78 is 23.7. The van der Waals surface area contributed by atoms with Crippen molar-refractivity contribution in [2.45, 2.75) is 25.4 Å². The quantitative estimate of drug-likeness (QED) is 0.511. The van der Waals surface area contributed by atoms with Crippen molar-refractivity contribution in [2.24, 2.45) is 0 Å². The minimum absolute atomic E-state index is 0.0724. The van der Waals surface area contributed by atoms with E-state index in [1.807, 2.05) is 6.07 Å². The van der Waals surface area contributed by atoms with E-state index in [2.05, 4.69) is 30.8 Å². The van der Waals surface area contributed by atoms with Gasteiger partial charge in [-0.05, 0) is 48.7 Å². The fourth-order valence-electron chi connectivity index (χ4n) is 3.97. The van der Waals surface area contributed by atoms with Gasteiger partial charge in [0, 0.05) is 43.6 Å². The second kappa shape index (κ2) is 9.82. The number of piperidine rings is 1. The van der Waals surface area contributed by atoms with Gasteiger partial charge in [-0.25, -0.2) is 14.2 Å². The van der Waals surface area contributed by atoms with E-state index in [0.29, 0.717) is 29.7 Å². The number of carbonyl (C=O) groups excluding carboxylic acids is 1. The van der Waals surface area contributed by atoms with Crippen molar-refractivity contribution < 1.29 is 18.7 Å². The molecule has 0 spiro atoms. The summed E-state index contributed by atoms with van der Waals surface area (Å²) in [7, 11) is 0. The monoisotopic (exact) mass is 464 g/mol. The topological polar surface area (TPSA) is 101 Å². The SMILES string of the molecule is O=C(Nc1ccc2c(c1)OCO2)NC1CCN(c2ccnc(NCc3ccc(F)cc3)n2)CC1. The molecule has 1 saturated heterocycles. The van der Waals surface area contributed by atoms with Gasteiger partial charge in [-0.2, -0.15) is 4.98 Å². The highest BCUT2D eigenvalue weighted by Crippen LogP contribution is 2.34. The fraction of sp³-hybridized carbons (Fsp3) is 0.292. The number of ether oxygens (including phenoxy) is 2. The predicted octanol–water partition coefficient (Wildman–Crippen LogP) is 3.75. The number of carbonyl (C=O) groups is 1. The van der Waals surface area contributed by atoms with E-state index in [9.17, 15) is 9.18 Å². The lowest BCUT2D eigenvalue weighted by Gasteiger charge is -2.33. The molecule has 1 aromatic heterocycles. The number of hydrogen-bond acceptors (Lipinski definition) is 7. The normalized spacial score (nSPS) is 15.1. The zero-order valence-corrected chi connectivity index (χ0v) is 18.5. The van der Waals surface area contributed by atoms with Gasteiger partial charge in [0.2, 0.25) is 12.7 Å². The van der Waals surface area contributed by atoms with Crippen molar-refractivity contribution in [3.05, 3.63) is 66.1 Å². The van der Waals surface area contributed by atoms with Crippen LogP contribution in [-0.2, 0) is 6.54 Å². The third kappa shape index (κ3) is 5.28. The summed E-state index contributed by atoms with van der Waals surface area (Å²) in [5.41, 5.74) is 1.60. The third-order valence-corrected chi connectivity index (χ3v) is 5.79. The molecule has 0 bridgehead atoms. The van der Waals surface area contributed by atoms with E-state index in [1.54, 1.807) is 36.5 Å². The van der Waals surface area contributed by atoms with Gasteiger partial charge in [0.05, 0.1) is 0 Å². The van der Waals surface area contributed by atoms with Gasteiger partial charge in [-0.1, -0.05) is 12.1 Å². The molecule has 176 valence electrons. The molecule has 3 N–H and O–H groups in total. The molecule has 2 amide bonds. The highest BCUT2D eigenvalue weighted by atomic mass is 19.1. The lowest BCUT2D eigenvalue weighted by Crippen LogP contribution is -2.46. The minimum atomic E-state index is -0.259. The zero-order chi connectivity index (χ0) is 23.3. The number of hydrogen-bond donors (Lipinski definition) is 3. The maximum absolute atomic E-state index is 13.1. The van der Waals surface area contributed by atoms with Crippen LogP contribution in [0.1, 0.15) is 18.4 Å². The van der Waals surface area contributed by atoms with Gasteiger partial charge < -0.3 is 30.3 Å². The van der Waals surface area contributed by atoms with Crippen molar-refractivity contribution >= 4 is 23.5 Å². The first kappa shape index (κ1) is 21.7. The molecule has 10 heteroatoms. The molecule has 3 aromatic rings. The van der Waals surface area contributed by atoms with Gasteiger partial charge in [0.15, 0.2) is 11.5 Å². The Morgan fingerprint density at radius 3 is 2.68 bits per heavy atom. The second-order valence-electron chi connectivity index (χ2n) is 8.15. The summed E-state index contributed by atoms with van der Waals surface area (Å²) >= 11 is 0. The van der Waals surface area contributed by atoms with Crippen molar-refractivity contribution in [3.63, 3.8) is 0 Å². The number of benzene rings is 2. The van der Waals surface area contributed by atoms with Crippen LogP contribution in [0.25, 0.3) is 0 Å². The number of halogens is 1. The van der Waals surface area contributed by atoms with E-state index >= 15 is 0 Å². The largest absolute Gasteiger partial charge is 0.454 e. The predicted molar refractivity (Wildman–Crippen MR) is 126 cm³/mol. The number of rotatable bonds is 6. The average molecular weight is 465 g/mol. The van der Waals surface area contributed by atoms with E-state index in [4.69, 9.17) is 9.47 Å². The van der Waals surface area contributed by atoms with Crippen LogP contribution in [0.5, 0.6) is 11.5 Å². The number of urea groups is 1. The van der Waals surface area contributed by atoms with Gasteiger partial charge >= 0.3 is 6.03 Å². The molecule has 5 rings (SSSR count). The number of anilines is 3. The summed E-state index contributed by atoms with van der Waals surface area (Å²) in [5.74, 6) is 2.40. The first-order chi connectivity index (χ1) is 16.6. The Morgan fingerprint density at radius 2 is 1.85 bits per heavy atom. The average Bonchev–Trinajstić information content (AvgIpc) is 3.32. The van der Waals surface area contributed by atoms with Gasteiger partial charge in [-0.3, -0.25) is 0 Å². The molecule has 1 fully saturated rings. The number of nitrogens with one attached hydrogen (secondary N) is 3. The smallest absolute Gasteiger partial charge is 0.319 e. The van der Waals surface area contributed by atoms with Crippen molar-refractivity contribution in [1.29, 1.82) is 0 Å². The Balaban J connectivity index is 1.10. The lowest BCUT2D eigenvalue weighted by molar-refractivity contribution is 0.174. The van der Waals surface area contributed by atoms with Crippen LogP contribution in [0.15, 0.2) is 54.7 Å². The van der Waals surface area contributed by atoms with Crippen molar-refractivity contribution in [1.82, 2.24) is 15.3 Å². The van der Waals surface area contributed by atoms with Crippen LogP contribution in [0.4, 0.5) is 26.6 Å². The van der Waals surface area contributed by atoms with Gasteiger partial charge in [0.25, 0.3) is 0 Å². The van der Waals surface area contributed by atoms with E-state index < -0.39 is 0 Å². The molecule has 0 saturated carbocycles. The Kier molecular flexibility index (Phi) is 6.28. The van der Waals surface area contributed by atoms with Crippen LogP contribution < -0.4 is 30.3 Å². The van der Waals surface area contributed by atoms with Crippen molar-refractivity contribution in [3.8, 4) is 11.5 Å². The van der Waals surface area contributed by atoms with Crippen LogP contribution in [0.2, 0.25) is 0 Å². The van der Waals surface area contributed by atoms with Crippen LogP contribution >= 0.6 is 0 Å². The summed E-state index contributed by atoms with van der Waals surface area (Å²) in [6.07, 6.45) is 3.33. The molecule has 0 radical (unpaired) electrons. The number of nitrogens with zero attached hydrogens (tertiary/aromatic N) is 3. The number of fused-ring (bicyclic) bond motifs is 1. The summed E-state index contributed by atoms with van der Waals surface area (Å²) in [6.45, 7) is 2.24. The van der Waals surface area contributed by atoms with Gasteiger partial charge in [0.1, 0.15) is 11.6 Å². The zero-order valence-electron chi connectivity index (χ0n) is 18.5. The first-order valence-corrected chi connectivity index (χ1v) is 11.2. The lowest BCUT2D eigenvalue weighted by atomic mass is 10.1. The van der Waals surface area contributed by atoms with Crippen LogP contribution in [0, 0.1) is 5.82 Å².